The van der Waals surface area contributed by atoms with Crippen LogP contribution in [0.15, 0.2) is 38.6 Å². The topological polar surface area (TPSA) is 101 Å². The summed E-state index contributed by atoms with van der Waals surface area (Å²) < 4.78 is 30.3. The summed E-state index contributed by atoms with van der Waals surface area (Å²) in [5.41, 5.74) is 0.980. The smallest absolute Gasteiger partial charge is 0.317 e. The number of piperidine rings is 1. The molecule has 1 aliphatic carbocycles. The van der Waals surface area contributed by atoms with Crippen molar-refractivity contribution < 1.29 is 13.2 Å². The van der Waals surface area contributed by atoms with Crippen LogP contribution in [0, 0.1) is 5.92 Å². The summed E-state index contributed by atoms with van der Waals surface area (Å²) in [6.07, 6.45) is 6.43. The van der Waals surface area contributed by atoms with Crippen LogP contribution >= 0.6 is 11.3 Å². The van der Waals surface area contributed by atoms with Gasteiger partial charge in [0.25, 0.3) is 15.6 Å². The van der Waals surface area contributed by atoms with E-state index in [1.807, 2.05) is 4.90 Å². The number of nitrogens with zero attached hydrogens (tertiary/aromatic N) is 2. The van der Waals surface area contributed by atoms with Crippen LogP contribution in [0.5, 0.6) is 0 Å². The van der Waals surface area contributed by atoms with E-state index in [9.17, 15) is 18.0 Å². The lowest BCUT2D eigenvalue weighted by atomic mass is 9.82. The highest BCUT2D eigenvalue weighted by molar-refractivity contribution is 7.94. The number of aromatic nitrogens is 1. The Bertz CT molecular complexity index is 1150. The van der Waals surface area contributed by atoms with Gasteiger partial charge < -0.3 is 14.8 Å². The molecule has 10 heteroatoms. The van der Waals surface area contributed by atoms with Crippen LogP contribution < -0.4 is 15.6 Å². The third kappa shape index (κ3) is 4.17. The fourth-order valence-electron chi connectivity index (χ4n) is 5.39. The average Bonchev–Trinajstić information content (AvgIpc) is 3.32. The van der Waals surface area contributed by atoms with Crippen LogP contribution in [-0.4, -0.2) is 43.0 Å². The number of likely N-dealkylation sites (tertiary alicyclic amines) is 1. The molecule has 2 bridgehead atoms. The fourth-order valence-corrected chi connectivity index (χ4v) is 7.46. The molecule has 2 amide bonds. The Balaban J connectivity index is 1.40. The number of urea groups is 1. The molecule has 2 unspecified atom stereocenters. The van der Waals surface area contributed by atoms with Crippen molar-refractivity contribution >= 4 is 33.1 Å². The summed E-state index contributed by atoms with van der Waals surface area (Å²) in [5, 5.41) is 4.91. The van der Waals surface area contributed by atoms with Gasteiger partial charge in [-0.15, -0.1) is 11.3 Å². The number of amides is 2. The lowest BCUT2D eigenvalue weighted by Crippen LogP contribution is -2.53. The van der Waals surface area contributed by atoms with Gasteiger partial charge in [0.2, 0.25) is 0 Å². The van der Waals surface area contributed by atoms with Gasteiger partial charge in [-0.3, -0.25) is 9.52 Å². The molecule has 32 heavy (non-hydrogen) atoms. The normalized spacial score (nSPS) is 23.4. The Morgan fingerprint density at radius 2 is 1.88 bits per heavy atom. The first-order valence-corrected chi connectivity index (χ1v) is 13.6. The Morgan fingerprint density at radius 1 is 1.06 bits per heavy atom. The predicted octanol–water partition coefficient (Wildman–Crippen LogP) is 3.17. The van der Waals surface area contributed by atoms with Crippen LogP contribution in [-0.2, 0) is 16.6 Å². The summed E-state index contributed by atoms with van der Waals surface area (Å²) in [7, 11) is -3.73. The van der Waals surface area contributed by atoms with Gasteiger partial charge >= 0.3 is 6.03 Å². The lowest BCUT2D eigenvalue weighted by molar-refractivity contribution is 0.128. The maximum Gasteiger partial charge on any atom is 0.317 e. The molecular formula is C22H28N4O4S2. The number of hydrogen-bond acceptors (Lipinski definition) is 5. The van der Waals surface area contributed by atoms with Gasteiger partial charge in [-0.25, -0.2) is 13.2 Å². The van der Waals surface area contributed by atoms with Crippen molar-refractivity contribution in [1.29, 1.82) is 0 Å². The van der Waals surface area contributed by atoms with E-state index in [-0.39, 0.29) is 33.7 Å². The number of fused-ring (bicyclic) bond motifs is 4. The standard InChI is InChI=1S/C22H28N4O4S2/c27-19-9-8-18(24-32(29,30)20-7-4-10-31-20)21-16-11-15(13-26(19)21)12-25(14-16)22(28)23-17-5-2-1-3-6-17/h4,7-10,15-17,24H,1-3,5-6,11-14H2,(H,23,28). The Kier molecular flexibility index (Phi) is 5.75. The molecule has 2 N–H and O–H groups in total. The first-order chi connectivity index (χ1) is 15.4. The number of pyridine rings is 1. The molecule has 1 saturated carbocycles. The zero-order chi connectivity index (χ0) is 22.3. The number of sulfonamides is 1. The summed E-state index contributed by atoms with van der Waals surface area (Å²) in [6.45, 7) is 1.59. The molecule has 0 aromatic carbocycles. The summed E-state index contributed by atoms with van der Waals surface area (Å²) in [4.78, 5) is 27.4. The van der Waals surface area contributed by atoms with Crippen LogP contribution in [0.25, 0.3) is 0 Å². The van der Waals surface area contributed by atoms with Gasteiger partial charge in [-0.1, -0.05) is 25.3 Å². The molecule has 0 spiro atoms. The first kappa shape index (κ1) is 21.5. The van der Waals surface area contributed by atoms with Crippen LogP contribution in [0.3, 0.4) is 0 Å². The predicted molar refractivity (Wildman–Crippen MR) is 124 cm³/mol. The summed E-state index contributed by atoms with van der Waals surface area (Å²) in [5.74, 6) is 0.0924. The molecule has 4 heterocycles. The fraction of sp³-hybridized carbons (Fsp3) is 0.545. The van der Waals surface area contributed by atoms with Gasteiger partial charge in [-0.2, -0.15) is 0 Å². The molecule has 8 nitrogen and oxygen atoms in total. The number of carbonyl (C=O) groups is 1. The van der Waals surface area contributed by atoms with Gasteiger partial charge in [-0.05, 0) is 42.7 Å². The highest BCUT2D eigenvalue weighted by Crippen LogP contribution is 2.39. The molecule has 2 atom stereocenters. The maximum atomic E-state index is 13.0. The van der Waals surface area contributed by atoms with Crippen molar-refractivity contribution in [2.24, 2.45) is 5.92 Å². The van der Waals surface area contributed by atoms with Crippen LogP contribution in [0.2, 0.25) is 0 Å². The van der Waals surface area contributed by atoms with E-state index in [2.05, 4.69) is 10.0 Å². The van der Waals surface area contributed by atoms with Crippen molar-refractivity contribution in [3.8, 4) is 0 Å². The molecule has 1 saturated heterocycles. The average molecular weight is 477 g/mol. The van der Waals surface area contributed by atoms with Crippen molar-refractivity contribution in [3.05, 3.63) is 45.7 Å². The van der Waals surface area contributed by atoms with E-state index in [1.54, 1.807) is 28.1 Å². The van der Waals surface area contributed by atoms with Crippen molar-refractivity contribution in [2.75, 3.05) is 17.8 Å². The third-order valence-electron chi connectivity index (χ3n) is 6.81. The quantitative estimate of drug-likeness (QED) is 0.708. The van der Waals surface area contributed by atoms with Crippen LogP contribution in [0.4, 0.5) is 10.5 Å². The second kappa shape index (κ2) is 8.55. The molecular weight excluding hydrogens is 448 g/mol. The van der Waals surface area contributed by atoms with E-state index >= 15 is 0 Å². The van der Waals surface area contributed by atoms with Gasteiger partial charge in [0.15, 0.2) is 0 Å². The van der Waals surface area contributed by atoms with Crippen molar-refractivity contribution in [3.63, 3.8) is 0 Å². The van der Waals surface area contributed by atoms with Crippen LogP contribution in [0.1, 0.15) is 50.1 Å². The zero-order valence-electron chi connectivity index (χ0n) is 17.8. The lowest BCUT2D eigenvalue weighted by Gasteiger charge is -2.43. The SMILES string of the molecule is O=C(NC1CCCCC1)N1CC2CC(C1)c1c(NS(=O)(=O)c3cccs3)ccc(=O)n1C2. The zero-order valence-corrected chi connectivity index (χ0v) is 19.5. The molecule has 3 aliphatic rings. The molecule has 2 aliphatic heterocycles. The molecule has 5 rings (SSSR count). The second-order valence-electron chi connectivity index (χ2n) is 9.11. The highest BCUT2D eigenvalue weighted by Gasteiger charge is 2.38. The van der Waals surface area contributed by atoms with Crippen molar-refractivity contribution in [1.82, 2.24) is 14.8 Å². The molecule has 172 valence electrons. The van der Waals surface area contributed by atoms with Crippen molar-refractivity contribution in [2.45, 2.75) is 61.2 Å². The van der Waals surface area contributed by atoms with E-state index in [0.29, 0.717) is 31.0 Å². The molecule has 2 aromatic heterocycles. The number of anilines is 1. The molecule has 2 aromatic rings. The second-order valence-corrected chi connectivity index (χ2v) is 12.0. The van der Waals surface area contributed by atoms with E-state index < -0.39 is 10.0 Å². The van der Waals surface area contributed by atoms with Gasteiger partial charge in [0.05, 0.1) is 11.4 Å². The minimum absolute atomic E-state index is 0.0426. The number of hydrogen-bond donors (Lipinski definition) is 2. The minimum Gasteiger partial charge on any atom is -0.335 e. The molecule has 2 fully saturated rings. The minimum atomic E-state index is -3.73. The number of rotatable bonds is 4. The highest BCUT2D eigenvalue weighted by atomic mass is 32.2. The third-order valence-corrected chi connectivity index (χ3v) is 9.58. The van der Waals surface area contributed by atoms with Gasteiger partial charge in [0.1, 0.15) is 4.21 Å². The Labute approximate surface area is 191 Å². The van der Waals surface area contributed by atoms with E-state index in [0.717, 1.165) is 43.4 Å². The summed E-state index contributed by atoms with van der Waals surface area (Å²) in [6, 6.07) is 6.42. The monoisotopic (exact) mass is 476 g/mol. The van der Waals surface area contributed by atoms with E-state index in [1.165, 1.54) is 12.5 Å². The summed E-state index contributed by atoms with van der Waals surface area (Å²) >= 11 is 1.15. The number of carbonyl (C=O) groups excluding carboxylic acids is 1. The number of nitrogens with one attached hydrogen (secondary N) is 2. The largest absolute Gasteiger partial charge is 0.335 e. The van der Waals surface area contributed by atoms with E-state index in [4.69, 9.17) is 0 Å². The Hall–Kier alpha value is -2.33. The number of thiophene rings is 1. The van der Waals surface area contributed by atoms with Gasteiger partial charge in [0, 0.05) is 37.7 Å². The maximum absolute atomic E-state index is 13.0. The Morgan fingerprint density at radius 3 is 2.62 bits per heavy atom. The molecule has 0 radical (unpaired) electrons. The first-order valence-electron chi connectivity index (χ1n) is 11.3.